The lowest BCUT2D eigenvalue weighted by Gasteiger charge is -2.16. The quantitative estimate of drug-likeness (QED) is 0.410. The predicted molar refractivity (Wildman–Crippen MR) is 38.1 cm³/mol. The molecule has 0 aromatic rings. The van der Waals surface area contributed by atoms with Crippen LogP contribution in [0.1, 0.15) is 13.8 Å². The number of hydrogen-bond acceptors (Lipinski definition) is 3. The second kappa shape index (κ2) is 5.14. The first-order valence-corrected chi connectivity index (χ1v) is 3.82. The van der Waals surface area contributed by atoms with Crippen molar-refractivity contribution in [3.63, 3.8) is 0 Å². The standard InChI is InChI=1S/C7H10F4O3/c1-3-13-4(2)14-6(12)5(8)7(9,10)11/h4-5H,3H2,1-2H3. The Balaban J connectivity index is 4.08. The smallest absolute Gasteiger partial charge is 0.430 e. The van der Waals surface area contributed by atoms with Crippen molar-refractivity contribution in [2.24, 2.45) is 0 Å². The van der Waals surface area contributed by atoms with Crippen LogP contribution in [0, 0.1) is 0 Å². The number of alkyl halides is 4. The molecule has 84 valence electrons. The normalized spacial score (nSPS) is 16.1. The van der Waals surface area contributed by atoms with Crippen LogP contribution in [0.5, 0.6) is 0 Å². The molecule has 0 fully saturated rings. The van der Waals surface area contributed by atoms with Gasteiger partial charge in [-0.1, -0.05) is 0 Å². The SMILES string of the molecule is CCOC(C)OC(=O)C(F)C(F)(F)F. The minimum absolute atomic E-state index is 0.150. The van der Waals surface area contributed by atoms with Crippen molar-refractivity contribution < 1.29 is 31.8 Å². The van der Waals surface area contributed by atoms with E-state index in [9.17, 15) is 22.4 Å². The number of halogens is 4. The van der Waals surface area contributed by atoms with E-state index in [0.29, 0.717) is 0 Å². The molecule has 0 heterocycles. The number of rotatable bonds is 4. The summed E-state index contributed by atoms with van der Waals surface area (Å²) < 4.78 is 55.7. The molecule has 2 unspecified atom stereocenters. The summed E-state index contributed by atoms with van der Waals surface area (Å²) in [5, 5.41) is 0. The molecule has 2 atom stereocenters. The van der Waals surface area contributed by atoms with Gasteiger partial charge in [0.15, 0.2) is 6.29 Å². The lowest BCUT2D eigenvalue weighted by atomic mass is 10.4. The van der Waals surface area contributed by atoms with Crippen LogP contribution in [-0.4, -0.2) is 31.2 Å². The molecule has 0 aliphatic heterocycles. The molecule has 0 N–H and O–H groups in total. The first-order chi connectivity index (χ1) is 6.29. The van der Waals surface area contributed by atoms with Crippen molar-refractivity contribution in [2.75, 3.05) is 6.61 Å². The highest BCUT2D eigenvalue weighted by molar-refractivity contribution is 5.75. The van der Waals surface area contributed by atoms with E-state index in [1.165, 1.54) is 6.92 Å². The third-order valence-corrected chi connectivity index (χ3v) is 1.18. The zero-order valence-electron chi connectivity index (χ0n) is 7.60. The summed E-state index contributed by atoms with van der Waals surface area (Å²) in [7, 11) is 0. The summed E-state index contributed by atoms with van der Waals surface area (Å²) in [5.74, 6) is -1.99. The van der Waals surface area contributed by atoms with Gasteiger partial charge in [-0.3, -0.25) is 0 Å². The van der Waals surface area contributed by atoms with Crippen LogP contribution in [0.3, 0.4) is 0 Å². The van der Waals surface area contributed by atoms with Gasteiger partial charge in [-0.15, -0.1) is 0 Å². The summed E-state index contributed by atoms with van der Waals surface area (Å²) >= 11 is 0. The fourth-order valence-corrected chi connectivity index (χ4v) is 0.626. The largest absolute Gasteiger partial charge is 0.434 e. The Kier molecular flexibility index (Phi) is 4.82. The van der Waals surface area contributed by atoms with Crippen LogP contribution >= 0.6 is 0 Å². The van der Waals surface area contributed by atoms with E-state index in [2.05, 4.69) is 9.47 Å². The van der Waals surface area contributed by atoms with E-state index in [-0.39, 0.29) is 6.61 Å². The minimum Gasteiger partial charge on any atom is -0.434 e. The summed E-state index contributed by atoms with van der Waals surface area (Å²) in [6.07, 6.45) is -10.0. The lowest BCUT2D eigenvalue weighted by molar-refractivity contribution is -0.216. The van der Waals surface area contributed by atoms with Crippen molar-refractivity contribution in [1.29, 1.82) is 0 Å². The first-order valence-electron chi connectivity index (χ1n) is 3.82. The Bertz CT molecular complexity index is 192. The Morgan fingerprint density at radius 1 is 1.43 bits per heavy atom. The summed E-state index contributed by atoms with van der Waals surface area (Å²) in [5.41, 5.74) is 0. The van der Waals surface area contributed by atoms with Crippen molar-refractivity contribution in [2.45, 2.75) is 32.5 Å². The number of ether oxygens (including phenoxy) is 2. The van der Waals surface area contributed by atoms with Gasteiger partial charge in [0.25, 0.3) is 6.17 Å². The molecule has 0 saturated heterocycles. The molecule has 0 rings (SSSR count). The van der Waals surface area contributed by atoms with Gasteiger partial charge < -0.3 is 9.47 Å². The zero-order chi connectivity index (χ0) is 11.4. The van der Waals surface area contributed by atoms with Crippen LogP contribution in [0.4, 0.5) is 17.6 Å². The fraction of sp³-hybridized carbons (Fsp3) is 0.857. The fourth-order valence-electron chi connectivity index (χ4n) is 0.626. The van der Waals surface area contributed by atoms with Crippen molar-refractivity contribution >= 4 is 5.97 Å². The van der Waals surface area contributed by atoms with E-state index in [1.807, 2.05) is 0 Å². The third-order valence-electron chi connectivity index (χ3n) is 1.18. The molecule has 0 aromatic carbocycles. The van der Waals surface area contributed by atoms with Crippen molar-refractivity contribution in [1.82, 2.24) is 0 Å². The molecule has 0 aromatic heterocycles. The molecule has 0 saturated carbocycles. The van der Waals surface area contributed by atoms with Crippen LogP contribution in [0.25, 0.3) is 0 Å². The maximum atomic E-state index is 12.2. The molecule has 7 heteroatoms. The molecule has 0 amide bonds. The first kappa shape index (κ1) is 13.2. The van der Waals surface area contributed by atoms with Gasteiger partial charge in [0.05, 0.1) is 0 Å². The maximum Gasteiger partial charge on any atom is 0.430 e. The Hall–Kier alpha value is -0.850. The summed E-state index contributed by atoms with van der Waals surface area (Å²) in [4.78, 5) is 10.5. The average Bonchev–Trinajstić information content (AvgIpc) is 2.01. The molecular weight excluding hydrogens is 208 g/mol. The van der Waals surface area contributed by atoms with E-state index in [1.54, 1.807) is 6.92 Å². The Morgan fingerprint density at radius 3 is 2.29 bits per heavy atom. The van der Waals surface area contributed by atoms with E-state index in [4.69, 9.17) is 0 Å². The predicted octanol–water partition coefficient (Wildman–Crippen LogP) is 1.81. The number of esters is 1. The van der Waals surface area contributed by atoms with Crippen LogP contribution in [-0.2, 0) is 14.3 Å². The van der Waals surface area contributed by atoms with Gasteiger partial charge in [-0.05, 0) is 13.8 Å². The van der Waals surface area contributed by atoms with E-state index in [0.717, 1.165) is 0 Å². The Labute approximate surface area is 78.0 Å². The molecule has 0 aliphatic carbocycles. The van der Waals surface area contributed by atoms with Crippen molar-refractivity contribution in [3.05, 3.63) is 0 Å². The second-order valence-corrected chi connectivity index (χ2v) is 2.36. The van der Waals surface area contributed by atoms with Gasteiger partial charge >= 0.3 is 12.1 Å². The molecule has 14 heavy (non-hydrogen) atoms. The number of carbonyl (C=O) groups excluding carboxylic acids is 1. The summed E-state index contributed by atoms with van der Waals surface area (Å²) in [6.45, 7) is 2.91. The molecule has 3 nitrogen and oxygen atoms in total. The topological polar surface area (TPSA) is 35.5 Å². The van der Waals surface area contributed by atoms with Gasteiger partial charge in [-0.25, -0.2) is 9.18 Å². The Morgan fingerprint density at radius 2 is 1.93 bits per heavy atom. The lowest BCUT2D eigenvalue weighted by Crippen LogP contribution is -2.36. The molecule has 0 aliphatic rings. The monoisotopic (exact) mass is 218 g/mol. The van der Waals surface area contributed by atoms with Crippen LogP contribution in [0.2, 0.25) is 0 Å². The molecule has 0 radical (unpaired) electrons. The van der Waals surface area contributed by atoms with Crippen LogP contribution in [0.15, 0.2) is 0 Å². The minimum atomic E-state index is -5.23. The van der Waals surface area contributed by atoms with Crippen molar-refractivity contribution in [3.8, 4) is 0 Å². The second-order valence-electron chi connectivity index (χ2n) is 2.36. The van der Waals surface area contributed by atoms with Gasteiger partial charge in [0, 0.05) is 6.61 Å². The molecule has 0 bridgehead atoms. The van der Waals surface area contributed by atoms with E-state index < -0.39 is 24.6 Å². The number of hydrogen-bond donors (Lipinski definition) is 0. The molecule has 0 spiro atoms. The average molecular weight is 218 g/mol. The van der Waals surface area contributed by atoms with Gasteiger partial charge in [0.2, 0.25) is 0 Å². The summed E-state index contributed by atoms with van der Waals surface area (Å²) in [6, 6.07) is 0. The third kappa shape index (κ3) is 4.40. The maximum absolute atomic E-state index is 12.2. The van der Waals surface area contributed by atoms with Crippen LogP contribution < -0.4 is 0 Å². The highest BCUT2D eigenvalue weighted by atomic mass is 19.4. The highest BCUT2D eigenvalue weighted by Crippen LogP contribution is 2.24. The highest BCUT2D eigenvalue weighted by Gasteiger charge is 2.47. The zero-order valence-corrected chi connectivity index (χ0v) is 7.60. The van der Waals surface area contributed by atoms with E-state index >= 15 is 0 Å². The van der Waals surface area contributed by atoms with Gasteiger partial charge in [0.1, 0.15) is 0 Å². The number of carbonyl (C=O) groups is 1. The molecular formula is C7H10F4O3. The van der Waals surface area contributed by atoms with Gasteiger partial charge in [-0.2, -0.15) is 13.2 Å².